The fourth-order valence-corrected chi connectivity index (χ4v) is 4.12. The van der Waals surface area contributed by atoms with E-state index >= 15 is 0 Å². The Balaban J connectivity index is 1.29. The topological polar surface area (TPSA) is 68.7 Å². The van der Waals surface area contributed by atoms with Crippen molar-refractivity contribution in [3.05, 3.63) is 36.3 Å². The molecule has 33 heavy (non-hydrogen) atoms. The van der Waals surface area contributed by atoms with Crippen molar-refractivity contribution in [3.63, 3.8) is 0 Å². The van der Waals surface area contributed by atoms with Crippen LogP contribution in [0.4, 0.5) is 30.5 Å². The molecule has 2 aromatic rings. The second kappa shape index (κ2) is 10.6. The van der Waals surface area contributed by atoms with Crippen LogP contribution < -0.4 is 15.0 Å². The number of benzene rings is 1. The first-order chi connectivity index (χ1) is 15.9. The molecule has 0 amide bonds. The van der Waals surface area contributed by atoms with Gasteiger partial charge in [0.2, 0.25) is 11.8 Å². The van der Waals surface area contributed by atoms with Crippen molar-refractivity contribution in [1.29, 1.82) is 0 Å². The molecule has 0 radical (unpaired) electrons. The Kier molecular flexibility index (Phi) is 7.54. The molecule has 1 saturated heterocycles. The molecular formula is C23H29F3N4O3. The lowest BCUT2D eigenvalue weighted by Crippen LogP contribution is -2.36. The molecule has 4 rings (SSSR count). The quantitative estimate of drug-likeness (QED) is 0.601. The van der Waals surface area contributed by atoms with E-state index < -0.39 is 18.0 Å². The van der Waals surface area contributed by atoms with E-state index in [0.717, 1.165) is 50.8 Å². The standard InChI is InChI=1S/C23H29F3N4O3/c1-23(25,26)33-19-8-2-16(3-9-19)15-32-21-20(24)14-27-22(29-21)28-17-4-6-18(7-5-17)30-10-12-31-13-11-30/h4-7,14,16,19H,2-3,8-13,15H2,1H3,(H,27,28,29). The van der Waals surface area contributed by atoms with Crippen LogP contribution in [0.15, 0.2) is 30.5 Å². The highest BCUT2D eigenvalue weighted by Crippen LogP contribution is 2.31. The van der Waals surface area contributed by atoms with E-state index in [4.69, 9.17) is 14.2 Å². The SMILES string of the molecule is CC(F)(F)OC1CCC(COc2nc(Nc3ccc(N4CCOCC4)cc3)ncc2F)CC1. The van der Waals surface area contributed by atoms with Crippen molar-refractivity contribution >= 4 is 17.3 Å². The lowest BCUT2D eigenvalue weighted by Gasteiger charge is -2.30. The number of ether oxygens (including phenoxy) is 3. The highest BCUT2D eigenvalue weighted by Gasteiger charge is 2.30. The lowest BCUT2D eigenvalue weighted by atomic mass is 9.88. The molecule has 1 aromatic carbocycles. The molecule has 180 valence electrons. The Morgan fingerprint density at radius 2 is 1.82 bits per heavy atom. The molecule has 1 aromatic heterocycles. The van der Waals surface area contributed by atoms with Gasteiger partial charge in [0.1, 0.15) is 0 Å². The molecule has 0 bridgehead atoms. The van der Waals surface area contributed by atoms with E-state index in [9.17, 15) is 13.2 Å². The number of nitrogens with zero attached hydrogens (tertiary/aromatic N) is 3. The summed E-state index contributed by atoms with van der Waals surface area (Å²) >= 11 is 0. The summed E-state index contributed by atoms with van der Waals surface area (Å²) in [6.45, 7) is 4.16. The molecule has 10 heteroatoms. The zero-order valence-electron chi connectivity index (χ0n) is 18.6. The van der Waals surface area contributed by atoms with Crippen molar-refractivity contribution < 1.29 is 27.4 Å². The van der Waals surface area contributed by atoms with E-state index in [2.05, 4.69) is 20.2 Å². The van der Waals surface area contributed by atoms with Crippen LogP contribution in [-0.4, -0.2) is 55.1 Å². The van der Waals surface area contributed by atoms with Gasteiger partial charge in [-0.05, 0) is 55.9 Å². The Hall–Kier alpha value is -2.59. The van der Waals surface area contributed by atoms with Crippen LogP contribution in [-0.2, 0) is 9.47 Å². The van der Waals surface area contributed by atoms with Gasteiger partial charge < -0.3 is 24.4 Å². The number of nitrogens with one attached hydrogen (secondary N) is 1. The van der Waals surface area contributed by atoms with Crippen molar-refractivity contribution in [2.45, 2.75) is 44.8 Å². The minimum absolute atomic E-state index is 0.129. The van der Waals surface area contributed by atoms with Gasteiger partial charge in [-0.2, -0.15) is 18.2 Å². The maximum absolute atomic E-state index is 14.2. The normalized spacial score (nSPS) is 21.6. The summed E-state index contributed by atoms with van der Waals surface area (Å²) in [5.74, 6) is -0.414. The first kappa shape index (κ1) is 23.6. The third-order valence-electron chi connectivity index (χ3n) is 5.83. The largest absolute Gasteiger partial charge is 0.475 e. The predicted molar refractivity (Wildman–Crippen MR) is 118 cm³/mol. The van der Waals surface area contributed by atoms with Crippen LogP contribution in [0.1, 0.15) is 32.6 Å². The maximum atomic E-state index is 14.2. The van der Waals surface area contributed by atoms with Crippen molar-refractivity contribution in [3.8, 4) is 5.88 Å². The minimum atomic E-state index is -3.12. The van der Waals surface area contributed by atoms with Crippen LogP contribution in [0.5, 0.6) is 5.88 Å². The number of hydrogen-bond acceptors (Lipinski definition) is 7. The van der Waals surface area contributed by atoms with Gasteiger partial charge in [-0.25, -0.2) is 4.98 Å². The van der Waals surface area contributed by atoms with Crippen LogP contribution in [0.3, 0.4) is 0 Å². The Bertz CT molecular complexity index is 897. The van der Waals surface area contributed by atoms with Crippen molar-refractivity contribution in [2.75, 3.05) is 43.1 Å². The smallest absolute Gasteiger partial charge is 0.353 e. The molecule has 2 fully saturated rings. The van der Waals surface area contributed by atoms with Crippen LogP contribution in [0.2, 0.25) is 0 Å². The fourth-order valence-electron chi connectivity index (χ4n) is 4.12. The molecule has 1 aliphatic carbocycles. The zero-order valence-corrected chi connectivity index (χ0v) is 18.6. The van der Waals surface area contributed by atoms with Crippen molar-refractivity contribution in [1.82, 2.24) is 9.97 Å². The molecule has 2 heterocycles. The van der Waals surface area contributed by atoms with Gasteiger partial charge in [0, 0.05) is 31.4 Å². The molecule has 0 spiro atoms. The highest BCUT2D eigenvalue weighted by molar-refractivity contribution is 5.59. The van der Waals surface area contributed by atoms with E-state index in [1.54, 1.807) is 0 Å². The van der Waals surface area contributed by atoms with E-state index in [-0.39, 0.29) is 24.4 Å². The van der Waals surface area contributed by atoms with Gasteiger partial charge >= 0.3 is 6.11 Å². The number of hydrogen-bond donors (Lipinski definition) is 1. The summed E-state index contributed by atoms with van der Waals surface area (Å²) in [7, 11) is 0. The average molecular weight is 467 g/mol. The first-order valence-corrected chi connectivity index (χ1v) is 11.3. The minimum Gasteiger partial charge on any atom is -0.475 e. The molecular weight excluding hydrogens is 437 g/mol. The third kappa shape index (κ3) is 6.94. The number of rotatable bonds is 8. The van der Waals surface area contributed by atoms with Gasteiger partial charge in [0.15, 0.2) is 0 Å². The lowest BCUT2D eigenvalue weighted by molar-refractivity contribution is -0.255. The maximum Gasteiger partial charge on any atom is 0.353 e. The van der Waals surface area contributed by atoms with Gasteiger partial charge in [0.05, 0.1) is 32.1 Å². The number of alkyl halides is 2. The molecule has 1 aliphatic heterocycles. The summed E-state index contributed by atoms with van der Waals surface area (Å²) in [5.41, 5.74) is 1.88. The van der Waals surface area contributed by atoms with Gasteiger partial charge in [-0.1, -0.05) is 0 Å². The molecule has 0 unspecified atom stereocenters. The molecule has 7 nitrogen and oxygen atoms in total. The van der Waals surface area contributed by atoms with Crippen LogP contribution in [0, 0.1) is 11.7 Å². The summed E-state index contributed by atoms with van der Waals surface area (Å²) in [4.78, 5) is 10.4. The molecule has 2 aliphatic rings. The number of aromatic nitrogens is 2. The Labute approximate surface area is 191 Å². The van der Waals surface area contributed by atoms with Gasteiger partial charge in [-0.15, -0.1) is 0 Å². The van der Waals surface area contributed by atoms with Gasteiger partial charge in [0.25, 0.3) is 5.88 Å². The summed E-state index contributed by atoms with van der Waals surface area (Å²) < 4.78 is 55.9. The molecule has 1 saturated carbocycles. The van der Waals surface area contributed by atoms with E-state index in [1.165, 1.54) is 0 Å². The number of morpholine rings is 1. The first-order valence-electron chi connectivity index (χ1n) is 11.3. The fraction of sp³-hybridized carbons (Fsp3) is 0.565. The molecule has 1 N–H and O–H groups in total. The average Bonchev–Trinajstić information content (AvgIpc) is 2.80. The summed E-state index contributed by atoms with van der Waals surface area (Å²) in [6.07, 6.45) is -0.108. The monoisotopic (exact) mass is 466 g/mol. The highest BCUT2D eigenvalue weighted by atomic mass is 19.3. The second-order valence-corrected chi connectivity index (χ2v) is 8.50. The molecule has 0 atom stereocenters. The predicted octanol–water partition coefficient (Wildman–Crippen LogP) is 4.76. The summed E-state index contributed by atoms with van der Waals surface area (Å²) in [6, 6.07) is 7.84. The second-order valence-electron chi connectivity index (χ2n) is 8.50. The van der Waals surface area contributed by atoms with E-state index in [1.807, 2.05) is 24.3 Å². The number of halogens is 3. The Morgan fingerprint density at radius 3 is 2.48 bits per heavy atom. The van der Waals surface area contributed by atoms with Crippen molar-refractivity contribution in [2.24, 2.45) is 5.92 Å². The third-order valence-corrected chi connectivity index (χ3v) is 5.83. The summed E-state index contributed by atoms with van der Waals surface area (Å²) in [5, 5.41) is 3.07. The van der Waals surface area contributed by atoms with Crippen LogP contribution >= 0.6 is 0 Å². The zero-order chi connectivity index (χ0) is 23.3. The van der Waals surface area contributed by atoms with E-state index in [0.29, 0.717) is 25.7 Å². The van der Waals surface area contributed by atoms with Gasteiger partial charge in [-0.3, -0.25) is 0 Å². The number of anilines is 3. The van der Waals surface area contributed by atoms with Crippen LogP contribution in [0.25, 0.3) is 0 Å². The Morgan fingerprint density at radius 1 is 1.12 bits per heavy atom.